The second-order valence-electron chi connectivity index (χ2n) is 6.76. The molecule has 0 spiro atoms. The Labute approximate surface area is 187 Å². The molecular weight excluding hydrogens is 431 g/mol. The van der Waals surface area contributed by atoms with Gasteiger partial charge in [0.05, 0.1) is 17.2 Å². The van der Waals surface area contributed by atoms with Crippen LogP contribution in [0.2, 0.25) is 0 Å². The van der Waals surface area contributed by atoms with E-state index in [9.17, 15) is 24.0 Å². The highest BCUT2D eigenvalue weighted by atomic mass is 32.1. The summed E-state index contributed by atoms with van der Waals surface area (Å²) in [6, 6.07) is 16.3. The predicted molar refractivity (Wildman–Crippen MR) is 119 cm³/mol. The lowest BCUT2D eigenvalue weighted by Gasteiger charge is -2.04. The minimum Gasteiger partial charge on any atom is -0.469 e. The number of rotatable bonds is 7. The summed E-state index contributed by atoms with van der Waals surface area (Å²) >= 11 is 0.983. The molecular formula is C24H19FN2O4S. The summed E-state index contributed by atoms with van der Waals surface area (Å²) in [5, 5.41) is 9.74. The fraction of sp³-hybridized carbons (Fsp3) is 0.167. The minimum atomic E-state index is -0.806. The first-order valence-corrected chi connectivity index (χ1v) is 10.5. The van der Waals surface area contributed by atoms with Gasteiger partial charge < -0.3 is 4.74 Å². The van der Waals surface area contributed by atoms with Crippen LogP contribution in [-0.2, 0) is 16.1 Å². The predicted octanol–water partition coefficient (Wildman–Crippen LogP) is 2.39. The summed E-state index contributed by atoms with van der Waals surface area (Å²) in [5.74, 6) is -1.99. The molecule has 3 rings (SSSR count). The van der Waals surface area contributed by atoms with Gasteiger partial charge in [-0.3, -0.25) is 19.0 Å². The van der Waals surface area contributed by atoms with Gasteiger partial charge in [0.25, 0.3) is 5.56 Å². The van der Waals surface area contributed by atoms with Gasteiger partial charge in [-0.2, -0.15) is 5.26 Å². The lowest BCUT2D eigenvalue weighted by molar-refractivity contribution is -0.140. The molecule has 0 amide bonds. The highest BCUT2D eigenvalue weighted by Crippen LogP contribution is 2.12. The largest absolute Gasteiger partial charge is 0.469 e. The van der Waals surface area contributed by atoms with E-state index in [2.05, 4.69) is 4.74 Å². The third-order valence-corrected chi connectivity index (χ3v) is 5.80. The molecule has 0 saturated carbocycles. The number of aromatic nitrogens is 1. The van der Waals surface area contributed by atoms with Gasteiger partial charge in [-0.1, -0.05) is 42.5 Å². The van der Waals surface area contributed by atoms with Crippen molar-refractivity contribution in [1.29, 1.82) is 5.26 Å². The molecule has 8 heteroatoms. The van der Waals surface area contributed by atoms with Crippen LogP contribution in [0.15, 0.2) is 59.4 Å². The first-order chi connectivity index (χ1) is 15.5. The van der Waals surface area contributed by atoms with E-state index in [4.69, 9.17) is 0 Å². The van der Waals surface area contributed by atoms with E-state index in [0.717, 1.165) is 23.0 Å². The average molecular weight is 450 g/mol. The standard InChI is InChI=1S/C24H19FN2O4S/c1-31-21(28)12-7-13-27-23(30)20(14-16-8-3-2-4-9-16)32-24(27)18(15-26)22(29)17-10-5-6-11-19(17)25/h2-6,8-11,14H,7,12-13H2,1H3/b20-14+,24-18-. The number of ketones is 1. The third kappa shape index (κ3) is 5.07. The number of methoxy groups -OCH3 is 1. The van der Waals surface area contributed by atoms with Gasteiger partial charge in [-0.25, -0.2) is 4.39 Å². The first kappa shape index (κ1) is 22.8. The Balaban J connectivity index is 2.20. The number of halogens is 1. The van der Waals surface area contributed by atoms with E-state index in [1.54, 1.807) is 6.08 Å². The van der Waals surface area contributed by atoms with E-state index in [0.29, 0.717) is 4.53 Å². The van der Waals surface area contributed by atoms with Gasteiger partial charge in [-0.05, 0) is 30.2 Å². The molecule has 0 unspecified atom stereocenters. The van der Waals surface area contributed by atoms with Gasteiger partial charge in [0.2, 0.25) is 5.78 Å². The van der Waals surface area contributed by atoms with Crippen molar-refractivity contribution >= 4 is 34.7 Å². The average Bonchev–Trinajstić information content (AvgIpc) is 3.10. The Morgan fingerprint density at radius 3 is 2.50 bits per heavy atom. The number of carbonyl (C=O) groups is 2. The normalized spacial score (nSPS) is 12.2. The maximum atomic E-state index is 14.2. The Bertz CT molecular complexity index is 1370. The molecule has 0 N–H and O–H groups in total. The van der Waals surface area contributed by atoms with Crippen molar-refractivity contribution < 1.29 is 18.7 Å². The fourth-order valence-electron chi connectivity index (χ4n) is 3.07. The van der Waals surface area contributed by atoms with Crippen molar-refractivity contribution in [2.75, 3.05) is 7.11 Å². The number of ether oxygens (including phenoxy) is 1. The Kier molecular flexibility index (Phi) is 7.47. The summed E-state index contributed by atoms with van der Waals surface area (Å²) in [5.41, 5.74) is -0.201. The fourth-order valence-corrected chi connectivity index (χ4v) is 4.19. The topological polar surface area (TPSA) is 89.2 Å². The highest BCUT2D eigenvalue weighted by molar-refractivity contribution is 7.07. The summed E-state index contributed by atoms with van der Waals surface area (Å²) in [4.78, 5) is 37.5. The van der Waals surface area contributed by atoms with E-state index in [1.165, 1.54) is 29.9 Å². The number of Topliss-reactive ketones (excluding diaryl/α,β-unsaturated/α-hetero) is 1. The quantitative estimate of drug-likeness (QED) is 0.407. The van der Waals surface area contributed by atoms with Gasteiger partial charge in [0.15, 0.2) is 0 Å². The van der Waals surface area contributed by atoms with E-state index in [1.807, 2.05) is 36.4 Å². The van der Waals surface area contributed by atoms with Crippen LogP contribution in [0.25, 0.3) is 11.6 Å². The lowest BCUT2D eigenvalue weighted by Crippen LogP contribution is -2.33. The molecule has 0 bridgehead atoms. The van der Waals surface area contributed by atoms with Crippen LogP contribution in [0.5, 0.6) is 0 Å². The van der Waals surface area contributed by atoms with Crippen molar-refractivity contribution in [2.24, 2.45) is 0 Å². The third-order valence-electron chi connectivity index (χ3n) is 4.67. The smallest absolute Gasteiger partial charge is 0.305 e. The monoisotopic (exact) mass is 450 g/mol. The van der Waals surface area contributed by atoms with Crippen LogP contribution in [0.4, 0.5) is 4.39 Å². The highest BCUT2D eigenvalue weighted by Gasteiger charge is 2.20. The zero-order valence-corrected chi connectivity index (χ0v) is 18.0. The number of hydrogen-bond acceptors (Lipinski definition) is 6. The molecule has 6 nitrogen and oxygen atoms in total. The number of benzene rings is 2. The number of hydrogen-bond donors (Lipinski definition) is 0. The molecule has 0 aliphatic rings. The van der Waals surface area contributed by atoms with Crippen molar-refractivity contribution in [3.63, 3.8) is 0 Å². The molecule has 1 heterocycles. The maximum absolute atomic E-state index is 14.2. The summed E-state index contributed by atoms with van der Waals surface area (Å²) in [7, 11) is 1.27. The summed E-state index contributed by atoms with van der Waals surface area (Å²) in [6.07, 6.45) is 2.00. The van der Waals surface area contributed by atoms with Gasteiger partial charge in [-0.15, -0.1) is 11.3 Å². The molecule has 0 aliphatic heterocycles. The summed E-state index contributed by atoms with van der Waals surface area (Å²) < 4.78 is 20.5. The van der Waals surface area contributed by atoms with Gasteiger partial charge in [0.1, 0.15) is 22.1 Å². The zero-order valence-electron chi connectivity index (χ0n) is 17.2. The molecule has 0 fully saturated rings. The molecule has 0 atom stereocenters. The Morgan fingerprint density at radius 1 is 1.16 bits per heavy atom. The van der Waals surface area contributed by atoms with Crippen molar-refractivity contribution in [3.8, 4) is 6.07 Å². The van der Waals surface area contributed by atoms with Crippen molar-refractivity contribution in [1.82, 2.24) is 4.57 Å². The van der Waals surface area contributed by atoms with Crippen LogP contribution in [-0.4, -0.2) is 23.4 Å². The molecule has 0 radical (unpaired) electrons. The molecule has 3 aromatic rings. The van der Waals surface area contributed by atoms with Crippen LogP contribution in [0, 0.1) is 17.1 Å². The van der Waals surface area contributed by atoms with Crippen molar-refractivity contribution in [2.45, 2.75) is 19.4 Å². The SMILES string of the molecule is COC(=O)CCCn1c(=O)/c(=C\c2ccccc2)s/c1=C(/C#N)C(=O)c1ccccc1F. The molecule has 0 aliphatic carbocycles. The Hall–Kier alpha value is -3.83. The van der Waals surface area contributed by atoms with E-state index < -0.39 is 23.1 Å². The molecule has 1 aromatic heterocycles. The van der Waals surface area contributed by atoms with Crippen LogP contribution in [0.1, 0.15) is 28.8 Å². The van der Waals surface area contributed by atoms with Crippen LogP contribution >= 0.6 is 11.3 Å². The number of thiazole rings is 1. The van der Waals surface area contributed by atoms with Crippen LogP contribution in [0.3, 0.4) is 0 Å². The maximum Gasteiger partial charge on any atom is 0.305 e. The first-order valence-electron chi connectivity index (χ1n) is 9.73. The van der Waals surface area contributed by atoms with Gasteiger partial charge >= 0.3 is 5.97 Å². The minimum absolute atomic E-state index is 0.0686. The molecule has 32 heavy (non-hydrogen) atoms. The number of esters is 1. The number of carbonyl (C=O) groups excluding carboxylic acids is 2. The molecule has 2 aromatic carbocycles. The van der Waals surface area contributed by atoms with Gasteiger partial charge in [0, 0.05) is 13.0 Å². The zero-order chi connectivity index (χ0) is 23.1. The second-order valence-corrected chi connectivity index (χ2v) is 7.79. The Morgan fingerprint density at radius 2 is 1.84 bits per heavy atom. The van der Waals surface area contributed by atoms with E-state index in [-0.39, 0.29) is 35.2 Å². The summed E-state index contributed by atoms with van der Waals surface area (Å²) in [6.45, 7) is 0.0954. The van der Waals surface area contributed by atoms with Crippen LogP contribution < -0.4 is 14.8 Å². The number of nitrogens with zero attached hydrogens (tertiary/aromatic N) is 2. The van der Waals surface area contributed by atoms with Crippen molar-refractivity contribution in [3.05, 3.63) is 91.1 Å². The number of nitriles is 1. The second kappa shape index (κ2) is 10.5. The molecule has 162 valence electrons. The van der Waals surface area contributed by atoms with E-state index >= 15 is 0 Å². The lowest BCUT2D eigenvalue weighted by atomic mass is 10.0. The molecule has 0 saturated heterocycles.